The third-order valence-electron chi connectivity index (χ3n) is 5.00. The van der Waals surface area contributed by atoms with Crippen molar-refractivity contribution in [2.45, 2.75) is 44.6 Å². The molecule has 1 saturated heterocycles. The van der Waals surface area contributed by atoms with Crippen molar-refractivity contribution in [1.82, 2.24) is 10.2 Å². The van der Waals surface area contributed by atoms with Crippen molar-refractivity contribution in [2.24, 2.45) is 5.41 Å². The Balaban J connectivity index is 1.55. The van der Waals surface area contributed by atoms with Gasteiger partial charge < -0.3 is 10.2 Å². The number of nitrogens with one attached hydrogen (secondary N) is 1. The number of hydrogen-bond donors (Lipinski definition) is 1. The molecule has 4 nitrogen and oxygen atoms in total. The van der Waals surface area contributed by atoms with E-state index in [1.54, 1.807) is 0 Å². The van der Waals surface area contributed by atoms with Crippen LogP contribution < -0.4 is 5.32 Å². The van der Waals surface area contributed by atoms with Crippen LogP contribution in [0.3, 0.4) is 0 Å². The second kappa shape index (κ2) is 5.34. The molecule has 0 bridgehead atoms. The van der Waals surface area contributed by atoms with Crippen LogP contribution in [0.1, 0.15) is 38.5 Å². The van der Waals surface area contributed by atoms with E-state index in [0.717, 1.165) is 32.2 Å². The molecule has 3 aliphatic rings. The summed E-state index contributed by atoms with van der Waals surface area (Å²) in [4.78, 5) is 2.39. The van der Waals surface area contributed by atoms with E-state index in [0.29, 0.717) is 16.9 Å². The Labute approximate surface area is 116 Å². The molecule has 1 aliphatic heterocycles. The lowest BCUT2D eigenvalue weighted by molar-refractivity contribution is 0.156. The molecule has 0 spiro atoms. The Morgan fingerprint density at radius 1 is 1.11 bits per heavy atom. The van der Waals surface area contributed by atoms with Crippen LogP contribution in [-0.4, -0.2) is 57.0 Å². The molecule has 3 fully saturated rings. The minimum atomic E-state index is -2.74. The molecule has 2 aliphatic carbocycles. The Morgan fingerprint density at radius 3 is 2.32 bits per heavy atom. The Morgan fingerprint density at radius 2 is 1.74 bits per heavy atom. The summed E-state index contributed by atoms with van der Waals surface area (Å²) in [7, 11) is -2.74. The molecule has 0 aromatic heterocycles. The van der Waals surface area contributed by atoms with Crippen molar-refractivity contribution in [2.75, 3.05) is 37.7 Å². The van der Waals surface area contributed by atoms with Crippen LogP contribution in [0.2, 0.25) is 0 Å². The summed E-state index contributed by atoms with van der Waals surface area (Å²) in [6, 6.07) is 0.777. The third kappa shape index (κ3) is 3.70. The van der Waals surface area contributed by atoms with E-state index in [-0.39, 0.29) is 0 Å². The van der Waals surface area contributed by atoms with Crippen LogP contribution in [-0.2, 0) is 9.84 Å². The molecule has 0 aromatic rings. The Kier molecular flexibility index (Phi) is 3.89. The summed E-state index contributed by atoms with van der Waals surface area (Å²) >= 11 is 0. The maximum Gasteiger partial charge on any atom is 0.152 e. The largest absolute Gasteiger partial charge is 0.313 e. The van der Waals surface area contributed by atoms with Gasteiger partial charge >= 0.3 is 0 Å². The zero-order chi connectivity index (χ0) is 13.3. The Hall–Kier alpha value is -0.130. The van der Waals surface area contributed by atoms with Crippen molar-refractivity contribution in [3.8, 4) is 0 Å². The molecule has 19 heavy (non-hydrogen) atoms. The fourth-order valence-corrected chi connectivity index (χ4v) is 4.82. The van der Waals surface area contributed by atoms with Gasteiger partial charge in [0, 0.05) is 32.2 Å². The van der Waals surface area contributed by atoms with Gasteiger partial charge in [-0.2, -0.15) is 0 Å². The van der Waals surface area contributed by atoms with Crippen LogP contribution >= 0.6 is 0 Å². The summed E-state index contributed by atoms with van der Waals surface area (Å²) in [5.41, 5.74) is 0.420. The predicted octanol–water partition coefficient (Wildman–Crippen LogP) is 1.03. The summed E-state index contributed by atoms with van der Waals surface area (Å²) in [5.74, 6) is 0.721. The van der Waals surface area contributed by atoms with Crippen molar-refractivity contribution >= 4 is 9.84 Å². The molecule has 1 heterocycles. The standard InChI is InChI=1S/C14H26N2O2S/c17-19(18)9-7-16(8-10-19)12-14(5-1-2-6-14)11-15-13-3-4-13/h13,15H,1-12H2. The number of sulfone groups is 1. The minimum absolute atomic E-state index is 0.360. The molecule has 2 saturated carbocycles. The van der Waals surface area contributed by atoms with Crippen LogP contribution in [0.25, 0.3) is 0 Å². The Bertz CT molecular complexity index is 397. The number of nitrogens with zero attached hydrogens (tertiary/aromatic N) is 1. The second-order valence-corrected chi connectivity index (χ2v) is 9.09. The fourth-order valence-electron chi connectivity index (χ4n) is 3.55. The molecule has 0 aromatic carbocycles. The fraction of sp³-hybridized carbons (Fsp3) is 1.00. The maximum absolute atomic E-state index is 11.5. The monoisotopic (exact) mass is 286 g/mol. The normalized spacial score (nSPS) is 30.5. The minimum Gasteiger partial charge on any atom is -0.313 e. The summed E-state index contributed by atoms with van der Waals surface area (Å²) in [6.07, 6.45) is 8.01. The molecular weight excluding hydrogens is 260 g/mol. The third-order valence-corrected chi connectivity index (χ3v) is 6.61. The molecular formula is C14H26N2O2S. The lowest BCUT2D eigenvalue weighted by Crippen LogP contribution is -2.48. The van der Waals surface area contributed by atoms with Gasteiger partial charge in [0.15, 0.2) is 9.84 Å². The van der Waals surface area contributed by atoms with E-state index in [4.69, 9.17) is 0 Å². The molecule has 0 unspecified atom stereocenters. The first kappa shape index (κ1) is 13.8. The van der Waals surface area contributed by atoms with Crippen molar-refractivity contribution in [3.05, 3.63) is 0 Å². The first-order chi connectivity index (χ1) is 9.07. The number of rotatable bonds is 5. The zero-order valence-electron chi connectivity index (χ0n) is 11.7. The highest BCUT2D eigenvalue weighted by atomic mass is 32.2. The van der Waals surface area contributed by atoms with Crippen molar-refractivity contribution in [1.29, 1.82) is 0 Å². The molecule has 0 radical (unpaired) electrons. The quantitative estimate of drug-likeness (QED) is 0.820. The summed E-state index contributed by atoms with van der Waals surface area (Å²) in [6.45, 7) is 3.73. The van der Waals surface area contributed by atoms with Gasteiger partial charge in [0.2, 0.25) is 0 Å². The predicted molar refractivity (Wildman–Crippen MR) is 77.0 cm³/mol. The van der Waals surface area contributed by atoms with E-state index in [1.165, 1.54) is 38.5 Å². The van der Waals surface area contributed by atoms with E-state index in [9.17, 15) is 8.42 Å². The number of hydrogen-bond acceptors (Lipinski definition) is 4. The topological polar surface area (TPSA) is 49.4 Å². The van der Waals surface area contributed by atoms with Crippen LogP contribution in [0.5, 0.6) is 0 Å². The molecule has 1 N–H and O–H groups in total. The van der Waals surface area contributed by atoms with Gasteiger partial charge in [-0.25, -0.2) is 8.42 Å². The maximum atomic E-state index is 11.5. The molecule has 3 rings (SSSR count). The first-order valence-electron chi connectivity index (χ1n) is 7.73. The molecule has 0 amide bonds. The van der Waals surface area contributed by atoms with E-state index in [2.05, 4.69) is 10.2 Å². The smallest absolute Gasteiger partial charge is 0.152 e. The highest BCUT2D eigenvalue weighted by Crippen LogP contribution is 2.39. The zero-order valence-corrected chi connectivity index (χ0v) is 12.6. The molecule has 0 atom stereocenters. The highest BCUT2D eigenvalue weighted by molar-refractivity contribution is 7.91. The van der Waals surface area contributed by atoms with Crippen molar-refractivity contribution < 1.29 is 8.42 Å². The van der Waals surface area contributed by atoms with Crippen LogP contribution in [0.4, 0.5) is 0 Å². The average molecular weight is 286 g/mol. The lowest BCUT2D eigenvalue weighted by atomic mass is 9.85. The van der Waals surface area contributed by atoms with Crippen LogP contribution in [0, 0.1) is 5.41 Å². The SMILES string of the molecule is O=S1(=O)CCN(CC2(CNC3CC3)CCCC2)CC1. The lowest BCUT2D eigenvalue weighted by Gasteiger charge is -2.37. The van der Waals surface area contributed by atoms with Gasteiger partial charge in [0.05, 0.1) is 11.5 Å². The van der Waals surface area contributed by atoms with Gasteiger partial charge in [-0.05, 0) is 31.1 Å². The summed E-state index contributed by atoms with van der Waals surface area (Å²) in [5, 5.41) is 3.70. The van der Waals surface area contributed by atoms with Gasteiger partial charge in [-0.15, -0.1) is 0 Å². The summed E-state index contributed by atoms with van der Waals surface area (Å²) < 4.78 is 23.0. The van der Waals surface area contributed by atoms with Gasteiger partial charge in [0.1, 0.15) is 0 Å². The molecule has 5 heteroatoms. The van der Waals surface area contributed by atoms with Gasteiger partial charge in [-0.1, -0.05) is 12.8 Å². The van der Waals surface area contributed by atoms with Gasteiger partial charge in [0.25, 0.3) is 0 Å². The second-order valence-electron chi connectivity index (χ2n) is 6.79. The van der Waals surface area contributed by atoms with E-state index in [1.807, 2.05) is 0 Å². The highest BCUT2D eigenvalue weighted by Gasteiger charge is 2.38. The average Bonchev–Trinajstić information content (AvgIpc) is 3.10. The van der Waals surface area contributed by atoms with E-state index < -0.39 is 9.84 Å². The van der Waals surface area contributed by atoms with E-state index >= 15 is 0 Å². The van der Waals surface area contributed by atoms with Gasteiger partial charge in [-0.3, -0.25) is 0 Å². The molecule has 110 valence electrons. The van der Waals surface area contributed by atoms with Crippen molar-refractivity contribution in [3.63, 3.8) is 0 Å². The van der Waals surface area contributed by atoms with Crippen LogP contribution in [0.15, 0.2) is 0 Å². The first-order valence-corrected chi connectivity index (χ1v) is 9.55.